The first-order valence-electron chi connectivity index (χ1n) is 9.08. The molecule has 0 saturated heterocycles. The third-order valence-electron chi connectivity index (χ3n) is 4.24. The Bertz CT molecular complexity index is 1020. The average molecular weight is 477 g/mol. The van der Waals surface area contributed by atoms with Gasteiger partial charge in [-0.3, -0.25) is 14.7 Å². The summed E-state index contributed by atoms with van der Waals surface area (Å²) >= 11 is 4.78. The quantitative estimate of drug-likeness (QED) is 0.253. The molecule has 1 atom stereocenters. The Kier molecular flexibility index (Phi) is 6.92. The van der Waals surface area contributed by atoms with E-state index in [-0.39, 0.29) is 11.5 Å². The molecule has 9 heteroatoms. The van der Waals surface area contributed by atoms with Crippen LogP contribution in [-0.2, 0) is 0 Å². The molecule has 0 N–H and O–H groups in total. The maximum atomic E-state index is 11.4. The number of ether oxygens (including phenoxy) is 1. The van der Waals surface area contributed by atoms with E-state index < -0.39 is 5.25 Å². The van der Waals surface area contributed by atoms with Crippen molar-refractivity contribution in [3.05, 3.63) is 74.0 Å². The fourth-order valence-electron chi connectivity index (χ4n) is 3.00. The standard InChI is InChI=1S/C20H21BrN4O3S/c1-4-28-18-9-8-15(21)11-17(18)19(12-24(26)27)29-20-23-22-14(3)25(20)16-7-5-6-13(2)10-16/h5-11,19H,4,12H2,1-3H3/t19-/m1/s1. The second-order valence-electron chi connectivity index (χ2n) is 6.44. The summed E-state index contributed by atoms with van der Waals surface area (Å²) in [6.07, 6.45) is 0. The minimum absolute atomic E-state index is 0.263. The van der Waals surface area contributed by atoms with Gasteiger partial charge in [-0.1, -0.05) is 39.8 Å². The summed E-state index contributed by atoms with van der Waals surface area (Å²) in [5.74, 6) is 1.35. The molecule has 1 heterocycles. The van der Waals surface area contributed by atoms with Crippen LogP contribution in [0.15, 0.2) is 52.1 Å². The highest BCUT2D eigenvalue weighted by molar-refractivity contribution is 9.10. The lowest BCUT2D eigenvalue weighted by molar-refractivity contribution is -0.479. The van der Waals surface area contributed by atoms with Gasteiger partial charge in [0.25, 0.3) is 0 Å². The first kappa shape index (κ1) is 21.3. The highest BCUT2D eigenvalue weighted by Gasteiger charge is 2.26. The zero-order valence-corrected chi connectivity index (χ0v) is 18.7. The summed E-state index contributed by atoms with van der Waals surface area (Å²) in [5, 5.41) is 20.0. The Hall–Kier alpha value is -2.39. The van der Waals surface area contributed by atoms with Gasteiger partial charge in [-0.25, -0.2) is 0 Å². The molecular weight excluding hydrogens is 456 g/mol. The predicted molar refractivity (Wildman–Crippen MR) is 117 cm³/mol. The van der Waals surface area contributed by atoms with E-state index in [1.54, 1.807) is 0 Å². The summed E-state index contributed by atoms with van der Waals surface area (Å²) in [6, 6.07) is 13.5. The van der Waals surface area contributed by atoms with Crippen LogP contribution in [0.4, 0.5) is 0 Å². The van der Waals surface area contributed by atoms with E-state index in [1.165, 1.54) is 11.8 Å². The lowest BCUT2D eigenvalue weighted by Crippen LogP contribution is -2.12. The molecule has 0 saturated carbocycles. The number of rotatable bonds is 8. The largest absolute Gasteiger partial charge is 0.494 e. The molecule has 7 nitrogen and oxygen atoms in total. The first-order chi connectivity index (χ1) is 13.9. The molecule has 0 radical (unpaired) electrons. The molecule has 0 unspecified atom stereocenters. The minimum atomic E-state index is -0.490. The van der Waals surface area contributed by atoms with Crippen molar-refractivity contribution in [2.24, 2.45) is 0 Å². The number of benzene rings is 2. The third-order valence-corrected chi connectivity index (χ3v) is 5.89. The summed E-state index contributed by atoms with van der Waals surface area (Å²) < 4.78 is 8.48. The van der Waals surface area contributed by atoms with Gasteiger partial charge >= 0.3 is 0 Å². The predicted octanol–water partition coefficient (Wildman–Crippen LogP) is 5.16. The second kappa shape index (κ2) is 9.41. The summed E-state index contributed by atoms with van der Waals surface area (Å²) in [5.41, 5.74) is 2.78. The Balaban J connectivity index is 2.04. The molecule has 1 aromatic heterocycles. The van der Waals surface area contributed by atoms with Gasteiger partial charge < -0.3 is 4.74 Å². The number of aryl methyl sites for hydroxylation is 2. The van der Waals surface area contributed by atoms with Gasteiger partial charge in [-0.15, -0.1) is 10.2 Å². The molecule has 0 bridgehead atoms. The van der Waals surface area contributed by atoms with E-state index in [0.717, 1.165) is 27.1 Å². The normalized spacial score (nSPS) is 12.0. The zero-order valence-electron chi connectivity index (χ0n) is 16.3. The summed E-state index contributed by atoms with van der Waals surface area (Å²) in [7, 11) is 0. The van der Waals surface area contributed by atoms with Crippen molar-refractivity contribution in [1.82, 2.24) is 14.8 Å². The van der Waals surface area contributed by atoms with Gasteiger partial charge in [-0.05, 0) is 56.7 Å². The number of nitro groups is 1. The van der Waals surface area contributed by atoms with Crippen molar-refractivity contribution in [1.29, 1.82) is 0 Å². The number of halogens is 1. The molecule has 29 heavy (non-hydrogen) atoms. The van der Waals surface area contributed by atoms with E-state index in [2.05, 4.69) is 26.1 Å². The smallest absolute Gasteiger partial charge is 0.220 e. The molecule has 0 aliphatic heterocycles. The van der Waals surface area contributed by atoms with Crippen molar-refractivity contribution in [3.63, 3.8) is 0 Å². The molecular formula is C20H21BrN4O3S. The molecule has 0 amide bonds. The van der Waals surface area contributed by atoms with Crippen LogP contribution in [0.3, 0.4) is 0 Å². The maximum absolute atomic E-state index is 11.4. The van der Waals surface area contributed by atoms with Crippen LogP contribution in [0.25, 0.3) is 5.69 Å². The molecule has 3 aromatic rings. The van der Waals surface area contributed by atoms with Gasteiger partial charge in [0.1, 0.15) is 16.8 Å². The van der Waals surface area contributed by atoms with E-state index in [9.17, 15) is 10.1 Å². The zero-order chi connectivity index (χ0) is 21.0. The van der Waals surface area contributed by atoms with Crippen LogP contribution >= 0.6 is 27.7 Å². The average Bonchev–Trinajstić information content (AvgIpc) is 3.02. The molecule has 0 aliphatic rings. The van der Waals surface area contributed by atoms with Crippen LogP contribution in [0.1, 0.15) is 29.1 Å². The SMILES string of the molecule is CCOc1ccc(Br)cc1[C@@H](C[N+](=O)[O-])Sc1nnc(C)n1-c1cccc(C)c1. The van der Waals surface area contributed by atoms with Crippen molar-refractivity contribution < 1.29 is 9.66 Å². The third kappa shape index (κ3) is 5.16. The summed E-state index contributed by atoms with van der Waals surface area (Å²) in [4.78, 5) is 11.1. The fraction of sp³-hybridized carbons (Fsp3) is 0.300. The molecule has 0 fully saturated rings. The van der Waals surface area contributed by atoms with Crippen molar-refractivity contribution >= 4 is 27.7 Å². The van der Waals surface area contributed by atoms with E-state index in [1.807, 2.05) is 67.8 Å². The molecule has 0 aliphatic carbocycles. The van der Waals surface area contributed by atoms with Crippen LogP contribution in [0.5, 0.6) is 5.75 Å². The fourth-order valence-corrected chi connectivity index (χ4v) is 4.57. The highest BCUT2D eigenvalue weighted by atomic mass is 79.9. The number of thioether (sulfide) groups is 1. The monoisotopic (exact) mass is 476 g/mol. The number of nitrogens with zero attached hydrogens (tertiary/aromatic N) is 4. The Labute approximate surface area is 181 Å². The van der Waals surface area contributed by atoms with Crippen molar-refractivity contribution in [3.8, 4) is 11.4 Å². The topological polar surface area (TPSA) is 83.1 Å². The Morgan fingerprint density at radius 1 is 1.24 bits per heavy atom. The van der Waals surface area contributed by atoms with Crippen LogP contribution in [0.2, 0.25) is 0 Å². The second-order valence-corrected chi connectivity index (χ2v) is 8.53. The van der Waals surface area contributed by atoms with Gasteiger partial charge in [0.2, 0.25) is 6.54 Å². The molecule has 152 valence electrons. The molecule has 2 aromatic carbocycles. The molecule has 3 rings (SSSR count). The van der Waals surface area contributed by atoms with Gasteiger partial charge in [0.05, 0.1) is 6.61 Å². The van der Waals surface area contributed by atoms with Crippen molar-refractivity contribution in [2.75, 3.05) is 13.2 Å². The highest BCUT2D eigenvalue weighted by Crippen LogP contribution is 2.41. The van der Waals surface area contributed by atoms with Gasteiger partial charge in [0, 0.05) is 20.6 Å². The maximum Gasteiger partial charge on any atom is 0.220 e. The van der Waals surface area contributed by atoms with Crippen LogP contribution in [-0.4, -0.2) is 32.8 Å². The van der Waals surface area contributed by atoms with E-state index >= 15 is 0 Å². The minimum Gasteiger partial charge on any atom is -0.494 e. The van der Waals surface area contributed by atoms with Crippen LogP contribution in [0, 0.1) is 24.0 Å². The van der Waals surface area contributed by atoms with Gasteiger partial charge in [0.15, 0.2) is 5.16 Å². The Morgan fingerprint density at radius 3 is 2.72 bits per heavy atom. The van der Waals surface area contributed by atoms with Crippen LogP contribution < -0.4 is 4.74 Å². The van der Waals surface area contributed by atoms with E-state index in [4.69, 9.17) is 4.74 Å². The van der Waals surface area contributed by atoms with E-state index in [0.29, 0.717) is 17.5 Å². The number of hydrogen-bond acceptors (Lipinski definition) is 6. The Morgan fingerprint density at radius 2 is 2.03 bits per heavy atom. The lowest BCUT2D eigenvalue weighted by Gasteiger charge is -2.18. The first-order valence-corrected chi connectivity index (χ1v) is 10.8. The van der Waals surface area contributed by atoms with Crippen molar-refractivity contribution in [2.45, 2.75) is 31.2 Å². The molecule has 0 spiro atoms. The number of aromatic nitrogens is 3. The van der Waals surface area contributed by atoms with Gasteiger partial charge in [-0.2, -0.15) is 0 Å². The summed E-state index contributed by atoms with van der Waals surface area (Å²) in [6.45, 7) is 5.98. The lowest BCUT2D eigenvalue weighted by atomic mass is 10.1. The number of hydrogen-bond donors (Lipinski definition) is 0.